The molecule has 1 aromatic carbocycles. The smallest absolute Gasteiger partial charge is 0.270 e. The molecule has 0 unspecified atom stereocenters. The van der Waals surface area contributed by atoms with Crippen LogP contribution in [0.3, 0.4) is 0 Å². The van der Waals surface area contributed by atoms with Gasteiger partial charge in [0.05, 0.1) is 9.82 Å². The van der Waals surface area contributed by atoms with Crippen LogP contribution in [-0.4, -0.2) is 25.4 Å². The molecule has 0 fully saturated rings. The van der Waals surface area contributed by atoms with E-state index in [1.165, 1.54) is 12.1 Å². The topological polar surface area (TPSA) is 115 Å². The fourth-order valence-electron chi connectivity index (χ4n) is 1.81. The largest absolute Gasteiger partial charge is 0.324 e. The van der Waals surface area contributed by atoms with E-state index in [0.29, 0.717) is 18.4 Å². The van der Waals surface area contributed by atoms with E-state index in [0.717, 1.165) is 6.07 Å². The Labute approximate surface area is 124 Å². The summed E-state index contributed by atoms with van der Waals surface area (Å²) in [4.78, 5) is 10.1. The number of non-ortho nitro benzene ring substituents is 1. The van der Waals surface area contributed by atoms with Crippen molar-refractivity contribution >= 4 is 15.7 Å². The van der Waals surface area contributed by atoms with Crippen LogP contribution < -0.4 is 10.5 Å². The molecule has 21 heavy (non-hydrogen) atoms. The molecule has 0 amide bonds. The van der Waals surface area contributed by atoms with E-state index in [2.05, 4.69) is 4.72 Å². The second-order valence-electron chi connectivity index (χ2n) is 5.10. The Balaban J connectivity index is 3.08. The Kier molecular flexibility index (Phi) is 5.43. The Bertz CT molecular complexity index is 624. The molecule has 0 aromatic heterocycles. The summed E-state index contributed by atoms with van der Waals surface area (Å²) in [5.41, 5.74) is 5.63. The minimum Gasteiger partial charge on any atom is -0.324 e. The van der Waals surface area contributed by atoms with E-state index in [4.69, 9.17) is 5.73 Å². The third-order valence-corrected chi connectivity index (χ3v) is 5.24. The number of nitrogens with two attached hydrogens (primary N) is 1. The predicted octanol–water partition coefficient (Wildman–Crippen LogP) is 1.70. The van der Waals surface area contributed by atoms with Crippen LogP contribution in [0.4, 0.5) is 5.69 Å². The van der Waals surface area contributed by atoms with Gasteiger partial charge >= 0.3 is 0 Å². The first kappa shape index (κ1) is 17.5. The fourth-order valence-corrected chi connectivity index (χ4v) is 3.21. The van der Waals surface area contributed by atoms with Crippen molar-refractivity contribution in [3.05, 3.63) is 33.9 Å². The fraction of sp³-hybridized carbons (Fsp3) is 0.538. The van der Waals surface area contributed by atoms with E-state index in [1.54, 1.807) is 6.92 Å². The molecular formula is C13H21N3O4S. The van der Waals surface area contributed by atoms with Gasteiger partial charge in [-0.05, 0) is 25.3 Å². The van der Waals surface area contributed by atoms with Crippen molar-refractivity contribution in [2.45, 2.75) is 44.0 Å². The van der Waals surface area contributed by atoms with Crippen LogP contribution in [0.5, 0.6) is 0 Å². The van der Waals surface area contributed by atoms with E-state index < -0.39 is 20.5 Å². The van der Waals surface area contributed by atoms with Crippen molar-refractivity contribution in [2.75, 3.05) is 6.54 Å². The minimum absolute atomic E-state index is 0.0878. The van der Waals surface area contributed by atoms with Crippen molar-refractivity contribution in [1.29, 1.82) is 0 Å². The first-order valence-corrected chi connectivity index (χ1v) is 8.17. The number of nitrogens with one attached hydrogen (secondary N) is 1. The lowest BCUT2D eigenvalue weighted by atomic mass is 9.95. The Hall–Kier alpha value is -1.51. The lowest BCUT2D eigenvalue weighted by Gasteiger charge is -2.26. The highest BCUT2D eigenvalue weighted by molar-refractivity contribution is 7.89. The van der Waals surface area contributed by atoms with Crippen LogP contribution in [0, 0.1) is 17.0 Å². The molecule has 0 bridgehead atoms. The van der Waals surface area contributed by atoms with Crippen LogP contribution >= 0.6 is 0 Å². The molecule has 1 aromatic rings. The lowest BCUT2D eigenvalue weighted by Crippen LogP contribution is -2.49. The molecule has 8 heteroatoms. The highest BCUT2D eigenvalue weighted by Gasteiger charge is 2.26. The standard InChI is InChI=1S/C13H21N3O4S/c1-4-13(14,5-2)9-15-21(19,20)12-8-11(16(17)18)7-6-10(12)3/h6-8,15H,4-5,9,14H2,1-3H3. The van der Waals surface area contributed by atoms with Crippen molar-refractivity contribution < 1.29 is 13.3 Å². The number of rotatable bonds is 7. The normalized spacial score (nSPS) is 12.4. The predicted molar refractivity (Wildman–Crippen MR) is 80.5 cm³/mol. The van der Waals surface area contributed by atoms with Gasteiger partial charge in [-0.25, -0.2) is 13.1 Å². The van der Waals surface area contributed by atoms with Crippen LogP contribution in [0.15, 0.2) is 23.1 Å². The zero-order valence-corrected chi connectivity index (χ0v) is 13.2. The second-order valence-corrected chi connectivity index (χ2v) is 6.84. The average molecular weight is 315 g/mol. The summed E-state index contributed by atoms with van der Waals surface area (Å²) in [6, 6.07) is 3.76. The maximum Gasteiger partial charge on any atom is 0.270 e. The molecular weight excluding hydrogens is 294 g/mol. The number of aryl methyl sites for hydroxylation is 1. The van der Waals surface area contributed by atoms with Gasteiger partial charge in [0.1, 0.15) is 0 Å². The molecule has 0 saturated heterocycles. The molecule has 0 saturated carbocycles. The van der Waals surface area contributed by atoms with Gasteiger partial charge in [-0.15, -0.1) is 0 Å². The van der Waals surface area contributed by atoms with Gasteiger partial charge in [0.15, 0.2) is 0 Å². The Morgan fingerprint density at radius 2 is 1.90 bits per heavy atom. The van der Waals surface area contributed by atoms with Gasteiger partial charge in [-0.1, -0.05) is 19.9 Å². The number of nitrogens with zero attached hydrogens (tertiary/aromatic N) is 1. The van der Waals surface area contributed by atoms with E-state index in [9.17, 15) is 18.5 Å². The van der Waals surface area contributed by atoms with Gasteiger partial charge in [-0.3, -0.25) is 10.1 Å². The lowest BCUT2D eigenvalue weighted by molar-refractivity contribution is -0.385. The highest BCUT2D eigenvalue weighted by atomic mass is 32.2. The average Bonchev–Trinajstić information content (AvgIpc) is 2.45. The third kappa shape index (κ3) is 4.23. The van der Waals surface area contributed by atoms with Crippen LogP contribution in [0.1, 0.15) is 32.3 Å². The number of nitro groups is 1. The molecule has 7 nitrogen and oxygen atoms in total. The Morgan fingerprint density at radius 3 is 2.38 bits per heavy atom. The first-order chi connectivity index (χ1) is 9.65. The van der Waals surface area contributed by atoms with Crippen LogP contribution in [0.2, 0.25) is 0 Å². The van der Waals surface area contributed by atoms with Gasteiger partial charge in [0, 0.05) is 24.2 Å². The second kappa shape index (κ2) is 6.50. The molecule has 3 N–H and O–H groups in total. The minimum atomic E-state index is -3.83. The molecule has 0 spiro atoms. The number of hydrogen-bond donors (Lipinski definition) is 2. The monoisotopic (exact) mass is 315 g/mol. The quantitative estimate of drug-likeness (QED) is 0.587. The van der Waals surface area contributed by atoms with Gasteiger partial charge in [0.25, 0.3) is 5.69 Å². The molecule has 0 aliphatic rings. The van der Waals surface area contributed by atoms with Gasteiger partial charge in [-0.2, -0.15) is 0 Å². The molecule has 0 heterocycles. The molecule has 0 atom stereocenters. The maximum atomic E-state index is 12.3. The third-order valence-electron chi connectivity index (χ3n) is 3.69. The summed E-state index contributed by atoms with van der Waals surface area (Å²) >= 11 is 0. The summed E-state index contributed by atoms with van der Waals surface area (Å²) in [6.07, 6.45) is 1.25. The molecule has 0 aliphatic carbocycles. The summed E-state index contributed by atoms with van der Waals surface area (Å²) < 4.78 is 27.1. The van der Waals surface area contributed by atoms with Crippen molar-refractivity contribution in [3.63, 3.8) is 0 Å². The SMILES string of the molecule is CCC(N)(CC)CNS(=O)(=O)c1cc([N+](=O)[O-])ccc1C. The molecule has 0 radical (unpaired) electrons. The molecule has 1 rings (SSSR count). The van der Waals surface area contributed by atoms with E-state index in [1.807, 2.05) is 13.8 Å². The van der Waals surface area contributed by atoms with Crippen molar-refractivity contribution in [3.8, 4) is 0 Å². The summed E-state index contributed by atoms with van der Waals surface area (Å²) in [7, 11) is -3.83. The summed E-state index contributed by atoms with van der Waals surface area (Å²) in [5, 5.41) is 10.8. The van der Waals surface area contributed by atoms with Crippen LogP contribution in [0.25, 0.3) is 0 Å². The van der Waals surface area contributed by atoms with E-state index in [-0.39, 0.29) is 17.1 Å². The Morgan fingerprint density at radius 1 is 1.33 bits per heavy atom. The molecule has 0 aliphatic heterocycles. The van der Waals surface area contributed by atoms with Crippen molar-refractivity contribution in [1.82, 2.24) is 4.72 Å². The number of benzene rings is 1. The zero-order valence-electron chi connectivity index (χ0n) is 12.4. The zero-order chi connectivity index (χ0) is 16.3. The summed E-state index contributed by atoms with van der Waals surface area (Å²) in [6.45, 7) is 5.45. The van der Waals surface area contributed by atoms with E-state index >= 15 is 0 Å². The first-order valence-electron chi connectivity index (χ1n) is 6.69. The molecule has 118 valence electrons. The van der Waals surface area contributed by atoms with Crippen molar-refractivity contribution in [2.24, 2.45) is 5.73 Å². The van der Waals surface area contributed by atoms with Gasteiger partial charge in [0.2, 0.25) is 10.0 Å². The maximum absolute atomic E-state index is 12.3. The van der Waals surface area contributed by atoms with Crippen LogP contribution in [-0.2, 0) is 10.0 Å². The number of sulfonamides is 1. The summed E-state index contributed by atoms with van der Waals surface area (Å²) in [5.74, 6) is 0. The number of nitro benzene ring substituents is 1. The highest BCUT2D eigenvalue weighted by Crippen LogP contribution is 2.22. The van der Waals surface area contributed by atoms with Gasteiger partial charge < -0.3 is 5.73 Å². The number of hydrogen-bond acceptors (Lipinski definition) is 5.